The Hall–Kier alpha value is -1.00. The highest BCUT2D eigenvalue weighted by Crippen LogP contribution is 2.48. The minimum Gasteiger partial charge on any atom is -0.396 e. The van der Waals surface area contributed by atoms with E-state index in [1.807, 2.05) is 6.92 Å². The maximum Gasteiger partial charge on any atom is 0.159 e. The maximum absolute atomic E-state index is 13.1. The normalized spacial score (nSPS) is 18.7. The van der Waals surface area contributed by atoms with E-state index in [2.05, 4.69) is 5.32 Å². The smallest absolute Gasteiger partial charge is 0.159 e. The number of benzene rings is 1. The molecule has 0 radical (unpaired) electrons. The summed E-state index contributed by atoms with van der Waals surface area (Å²) in [6.45, 7) is 2.96. The molecule has 18 heavy (non-hydrogen) atoms. The van der Waals surface area contributed by atoms with Gasteiger partial charge in [-0.2, -0.15) is 0 Å². The third-order valence-corrected chi connectivity index (χ3v) is 3.83. The summed E-state index contributed by atoms with van der Waals surface area (Å²) in [6, 6.07) is 3.97. The highest BCUT2D eigenvalue weighted by atomic mass is 19.2. The summed E-state index contributed by atoms with van der Waals surface area (Å²) in [5.74, 6) is -1.62. The lowest BCUT2D eigenvalue weighted by Gasteiger charge is -2.19. The first-order valence-electron chi connectivity index (χ1n) is 6.35. The van der Waals surface area contributed by atoms with Gasteiger partial charge in [0.2, 0.25) is 0 Å². The average molecular weight is 255 g/mol. The fourth-order valence-corrected chi connectivity index (χ4v) is 2.20. The van der Waals surface area contributed by atoms with Crippen molar-refractivity contribution in [2.75, 3.05) is 13.2 Å². The van der Waals surface area contributed by atoms with Crippen LogP contribution < -0.4 is 5.32 Å². The van der Waals surface area contributed by atoms with E-state index in [-0.39, 0.29) is 18.1 Å². The third-order valence-electron chi connectivity index (χ3n) is 3.83. The molecule has 2 N–H and O–H groups in total. The lowest BCUT2D eigenvalue weighted by molar-refractivity contribution is 0.243. The van der Waals surface area contributed by atoms with Gasteiger partial charge in [-0.15, -0.1) is 0 Å². The van der Waals surface area contributed by atoms with Crippen molar-refractivity contribution in [1.29, 1.82) is 0 Å². The van der Waals surface area contributed by atoms with E-state index in [1.165, 1.54) is 6.07 Å². The molecule has 1 fully saturated rings. The quantitative estimate of drug-likeness (QED) is 0.819. The van der Waals surface area contributed by atoms with Crippen LogP contribution in [0.15, 0.2) is 18.2 Å². The SMILES string of the molecule is CC(NCC1(CCO)CC1)c1ccc(F)c(F)c1. The highest BCUT2D eigenvalue weighted by Gasteiger charge is 2.41. The molecule has 0 heterocycles. The van der Waals surface area contributed by atoms with Gasteiger partial charge in [-0.3, -0.25) is 0 Å². The number of aliphatic hydroxyl groups excluding tert-OH is 1. The van der Waals surface area contributed by atoms with E-state index in [0.29, 0.717) is 0 Å². The first-order chi connectivity index (χ1) is 8.56. The van der Waals surface area contributed by atoms with E-state index in [4.69, 9.17) is 5.11 Å². The molecule has 2 nitrogen and oxygen atoms in total. The van der Waals surface area contributed by atoms with Crippen LogP contribution in [0.5, 0.6) is 0 Å². The molecule has 0 spiro atoms. The van der Waals surface area contributed by atoms with E-state index in [1.54, 1.807) is 6.07 Å². The lowest BCUT2D eigenvalue weighted by Crippen LogP contribution is -2.27. The molecule has 0 amide bonds. The first kappa shape index (κ1) is 13.4. The number of halogens is 2. The molecule has 1 aromatic rings. The Morgan fingerprint density at radius 3 is 2.61 bits per heavy atom. The third kappa shape index (κ3) is 3.06. The lowest BCUT2D eigenvalue weighted by atomic mass is 10.0. The average Bonchev–Trinajstić information content (AvgIpc) is 3.11. The molecule has 1 saturated carbocycles. The summed E-state index contributed by atoms with van der Waals surface area (Å²) >= 11 is 0. The van der Waals surface area contributed by atoms with Crippen molar-refractivity contribution in [3.63, 3.8) is 0 Å². The van der Waals surface area contributed by atoms with Gasteiger partial charge >= 0.3 is 0 Å². The Kier molecular flexibility index (Phi) is 3.97. The van der Waals surface area contributed by atoms with Crippen LogP contribution >= 0.6 is 0 Å². The Balaban J connectivity index is 1.91. The zero-order valence-electron chi connectivity index (χ0n) is 10.5. The molecular formula is C14H19F2NO. The van der Waals surface area contributed by atoms with Crippen molar-refractivity contribution in [3.8, 4) is 0 Å². The van der Waals surface area contributed by atoms with Gasteiger partial charge in [0, 0.05) is 19.2 Å². The monoisotopic (exact) mass is 255 g/mol. The van der Waals surface area contributed by atoms with Crippen molar-refractivity contribution < 1.29 is 13.9 Å². The zero-order valence-corrected chi connectivity index (χ0v) is 10.5. The summed E-state index contributed by atoms with van der Waals surface area (Å²) in [4.78, 5) is 0. The van der Waals surface area contributed by atoms with Gasteiger partial charge in [-0.25, -0.2) is 8.78 Å². The molecule has 1 aliphatic carbocycles. The van der Waals surface area contributed by atoms with Crippen LogP contribution in [-0.2, 0) is 0 Å². The minimum atomic E-state index is -0.815. The van der Waals surface area contributed by atoms with Crippen LogP contribution in [0.3, 0.4) is 0 Å². The van der Waals surface area contributed by atoms with Gasteiger partial charge in [0.15, 0.2) is 11.6 Å². The van der Waals surface area contributed by atoms with Crippen LogP contribution in [0.4, 0.5) is 8.78 Å². The fourth-order valence-electron chi connectivity index (χ4n) is 2.20. The maximum atomic E-state index is 13.1. The Labute approximate surface area is 106 Å². The van der Waals surface area contributed by atoms with Gasteiger partial charge in [0.1, 0.15) is 0 Å². The van der Waals surface area contributed by atoms with Gasteiger partial charge in [-0.05, 0) is 49.3 Å². The molecule has 1 aromatic carbocycles. The number of rotatable bonds is 6. The van der Waals surface area contributed by atoms with Crippen molar-refractivity contribution in [1.82, 2.24) is 5.32 Å². The summed E-state index contributed by atoms with van der Waals surface area (Å²) in [5.41, 5.74) is 0.968. The molecule has 100 valence electrons. The summed E-state index contributed by atoms with van der Waals surface area (Å²) in [5, 5.41) is 12.3. The summed E-state index contributed by atoms with van der Waals surface area (Å²) < 4.78 is 25.9. The van der Waals surface area contributed by atoms with Gasteiger partial charge in [0.05, 0.1) is 0 Å². The van der Waals surface area contributed by atoms with Crippen molar-refractivity contribution in [2.24, 2.45) is 5.41 Å². The Bertz CT molecular complexity index is 418. The second-order valence-electron chi connectivity index (χ2n) is 5.25. The van der Waals surface area contributed by atoms with Gasteiger partial charge in [0.25, 0.3) is 0 Å². The standard InChI is InChI=1S/C14H19F2NO/c1-10(11-2-3-12(15)13(16)8-11)17-9-14(4-5-14)6-7-18/h2-3,8,10,17-18H,4-7,9H2,1H3. The van der Waals surface area contributed by atoms with E-state index < -0.39 is 11.6 Å². The predicted octanol–water partition coefficient (Wildman–Crippen LogP) is 2.78. The molecule has 2 rings (SSSR count). The van der Waals surface area contributed by atoms with E-state index in [9.17, 15) is 8.78 Å². The van der Waals surface area contributed by atoms with E-state index >= 15 is 0 Å². The van der Waals surface area contributed by atoms with Gasteiger partial charge in [-0.1, -0.05) is 6.07 Å². The topological polar surface area (TPSA) is 32.3 Å². The number of hydrogen-bond donors (Lipinski definition) is 2. The second-order valence-corrected chi connectivity index (χ2v) is 5.25. The number of hydrogen-bond acceptors (Lipinski definition) is 2. The van der Waals surface area contributed by atoms with Crippen LogP contribution in [0, 0.1) is 17.0 Å². The van der Waals surface area contributed by atoms with Crippen LogP contribution in [0.25, 0.3) is 0 Å². The predicted molar refractivity (Wildman–Crippen MR) is 66.1 cm³/mol. The molecular weight excluding hydrogens is 236 g/mol. The summed E-state index contributed by atoms with van der Waals surface area (Å²) in [6.07, 6.45) is 3.07. The molecule has 4 heteroatoms. The molecule has 1 aliphatic rings. The van der Waals surface area contributed by atoms with Gasteiger partial charge < -0.3 is 10.4 Å². The summed E-state index contributed by atoms with van der Waals surface area (Å²) in [7, 11) is 0. The van der Waals surface area contributed by atoms with Crippen molar-refractivity contribution >= 4 is 0 Å². The second kappa shape index (κ2) is 5.33. The molecule has 0 bridgehead atoms. The molecule has 1 atom stereocenters. The molecule has 0 aliphatic heterocycles. The fraction of sp³-hybridized carbons (Fsp3) is 0.571. The van der Waals surface area contributed by atoms with Crippen molar-refractivity contribution in [2.45, 2.75) is 32.2 Å². The molecule has 0 saturated heterocycles. The molecule has 1 unspecified atom stereocenters. The highest BCUT2D eigenvalue weighted by molar-refractivity contribution is 5.20. The van der Waals surface area contributed by atoms with Crippen LogP contribution in [0.2, 0.25) is 0 Å². The van der Waals surface area contributed by atoms with Crippen LogP contribution in [0.1, 0.15) is 37.8 Å². The largest absolute Gasteiger partial charge is 0.396 e. The van der Waals surface area contributed by atoms with Crippen molar-refractivity contribution in [3.05, 3.63) is 35.4 Å². The zero-order chi connectivity index (χ0) is 13.2. The number of nitrogens with one attached hydrogen (secondary N) is 1. The first-order valence-corrected chi connectivity index (χ1v) is 6.35. The Morgan fingerprint density at radius 2 is 2.06 bits per heavy atom. The number of aliphatic hydroxyl groups is 1. The van der Waals surface area contributed by atoms with Crippen LogP contribution in [-0.4, -0.2) is 18.3 Å². The van der Waals surface area contributed by atoms with E-state index in [0.717, 1.165) is 37.4 Å². The Morgan fingerprint density at radius 1 is 1.33 bits per heavy atom. The molecule has 0 aromatic heterocycles. The minimum absolute atomic E-state index is 0.0173.